The van der Waals surface area contributed by atoms with Crippen LogP contribution in [0.25, 0.3) is 11.3 Å². The topological polar surface area (TPSA) is 140 Å². The molecular formula is C60H67FN8O6. The first-order valence-corrected chi connectivity index (χ1v) is 26.4. The Bertz CT molecular complexity index is 3170. The molecule has 4 aliphatic heterocycles. The van der Waals surface area contributed by atoms with E-state index in [1.165, 1.54) is 30.2 Å². The summed E-state index contributed by atoms with van der Waals surface area (Å²) in [5.74, 6) is -0.141. The summed E-state index contributed by atoms with van der Waals surface area (Å²) in [7, 11) is 3.69. The van der Waals surface area contributed by atoms with Crippen LogP contribution in [-0.2, 0) is 56.0 Å². The number of likely N-dealkylation sites (tertiary alicyclic amines) is 1. The van der Waals surface area contributed by atoms with Crippen molar-refractivity contribution in [2.45, 2.75) is 72.0 Å². The minimum absolute atomic E-state index is 0.0502. The second-order valence-corrected chi connectivity index (χ2v) is 20.9. The lowest BCUT2D eigenvalue weighted by molar-refractivity contribution is -0.131. The van der Waals surface area contributed by atoms with Gasteiger partial charge in [0.2, 0.25) is 5.91 Å². The standard InChI is InChI=1S/C60H67FN8O6/c1-39-9-8-19-66(35-39)38-49-27-42-10-6-7-11-45(42)37-68(49)59(72)54-29-46-36-67(58(71)30-44-12-17-51(32-55(44)61)75-26-23-65-21-24-74-25-22-65)20-18-43(46)28-53(54)57-33-52(40(2)64(57)5)60(73)69(47-13-15-50(70)16-14-47)56-31-48(34-62)63(4)41(56)3/h6-7,10-17,28-29,31-33,39,49,70H,8-9,18-27,30,35-38H2,1-5H3/t39-,49-/m0/s1. The highest BCUT2D eigenvalue weighted by Gasteiger charge is 2.36. The lowest BCUT2D eigenvalue weighted by atomic mass is 9.89. The third kappa shape index (κ3) is 10.7. The molecule has 2 fully saturated rings. The number of rotatable bonds is 13. The fourth-order valence-electron chi connectivity index (χ4n) is 11.5. The van der Waals surface area contributed by atoms with Gasteiger partial charge in [0, 0.05) is 112 Å². The van der Waals surface area contributed by atoms with Gasteiger partial charge in [-0.15, -0.1) is 0 Å². The number of phenolic OH excluding ortho intramolecular Hbond substituents is 1. The van der Waals surface area contributed by atoms with Crippen LogP contribution in [0, 0.1) is 36.9 Å². The van der Waals surface area contributed by atoms with Crippen LogP contribution in [-0.4, -0.2) is 123 Å². The van der Waals surface area contributed by atoms with Crippen LogP contribution >= 0.6 is 0 Å². The molecule has 0 spiro atoms. The molecule has 0 aliphatic carbocycles. The predicted molar refractivity (Wildman–Crippen MR) is 286 cm³/mol. The number of aromatic hydroxyl groups is 1. The maximum Gasteiger partial charge on any atom is 0.264 e. The zero-order valence-electron chi connectivity index (χ0n) is 43.8. The molecule has 2 aromatic heterocycles. The summed E-state index contributed by atoms with van der Waals surface area (Å²) in [6.45, 7) is 14.0. The van der Waals surface area contributed by atoms with Gasteiger partial charge in [0.15, 0.2) is 0 Å². The fourth-order valence-corrected chi connectivity index (χ4v) is 11.5. The second kappa shape index (κ2) is 21.9. The van der Waals surface area contributed by atoms with Crippen LogP contribution in [0.4, 0.5) is 15.8 Å². The zero-order chi connectivity index (χ0) is 52.5. The number of hydrogen-bond donors (Lipinski definition) is 1. The summed E-state index contributed by atoms with van der Waals surface area (Å²) < 4.78 is 30.7. The Morgan fingerprint density at radius 2 is 1.61 bits per heavy atom. The fraction of sp³-hybridized carbons (Fsp3) is 0.400. The number of nitrogens with zero attached hydrogens (tertiary/aromatic N) is 8. The molecule has 4 aliphatic rings. The van der Waals surface area contributed by atoms with E-state index in [4.69, 9.17) is 9.47 Å². The number of phenols is 1. The molecule has 10 rings (SSSR count). The number of halogens is 1. The van der Waals surface area contributed by atoms with E-state index < -0.39 is 5.82 Å². The van der Waals surface area contributed by atoms with Gasteiger partial charge >= 0.3 is 0 Å². The van der Waals surface area contributed by atoms with E-state index in [-0.39, 0.29) is 42.5 Å². The largest absolute Gasteiger partial charge is 0.508 e. The van der Waals surface area contributed by atoms with E-state index in [1.807, 2.05) is 48.6 Å². The number of aromatic nitrogens is 2. The Hall–Kier alpha value is -7.25. The quantitative estimate of drug-likeness (QED) is 0.121. The number of carbonyl (C=O) groups excluding carboxylic acids is 3. The highest BCUT2D eigenvalue weighted by Crippen LogP contribution is 2.39. The van der Waals surface area contributed by atoms with Crippen molar-refractivity contribution < 1.29 is 33.4 Å². The number of hydrogen-bond acceptors (Lipinski definition) is 9. The first kappa shape index (κ1) is 51.2. The van der Waals surface area contributed by atoms with Crippen molar-refractivity contribution in [3.63, 3.8) is 0 Å². The lowest BCUT2D eigenvalue weighted by Crippen LogP contribution is -2.51. The van der Waals surface area contributed by atoms with Crippen molar-refractivity contribution in [1.82, 2.24) is 28.7 Å². The van der Waals surface area contributed by atoms with Crippen LogP contribution in [0.2, 0.25) is 0 Å². The van der Waals surface area contributed by atoms with Crippen molar-refractivity contribution in [2.24, 2.45) is 20.0 Å². The Balaban J connectivity index is 0.996. The molecule has 1 N–H and O–H groups in total. The average Bonchev–Trinajstić information content (AvgIpc) is 3.87. The van der Waals surface area contributed by atoms with E-state index in [1.54, 1.807) is 51.7 Å². The van der Waals surface area contributed by atoms with Crippen LogP contribution in [0.15, 0.2) is 91.0 Å². The van der Waals surface area contributed by atoms with Gasteiger partial charge in [0.1, 0.15) is 35.7 Å². The molecule has 75 heavy (non-hydrogen) atoms. The molecule has 0 unspecified atom stereocenters. The summed E-state index contributed by atoms with van der Waals surface area (Å²) in [6, 6.07) is 29.2. The van der Waals surface area contributed by atoms with Crippen molar-refractivity contribution >= 4 is 29.1 Å². The molecule has 6 heterocycles. The molecule has 3 amide bonds. The van der Waals surface area contributed by atoms with Crippen molar-refractivity contribution in [1.29, 1.82) is 5.26 Å². The van der Waals surface area contributed by atoms with Crippen molar-refractivity contribution in [3.05, 3.63) is 153 Å². The van der Waals surface area contributed by atoms with E-state index in [0.29, 0.717) is 114 Å². The Labute approximate surface area is 439 Å². The van der Waals surface area contributed by atoms with E-state index in [2.05, 4.69) is 47.1 Å². The van der Waals surface area contributed by atoms with Gasteiger partial charge in [-0.25, -0.2) is 4.39 Å². The van der Waals surface area contributed by atoms with Crippen LogP contribution in [0.5, 0.6) is 11.5 Å². The van der Waals surface area contributed by atoms with Crippen LogP contribution in [0.1, 0.15) is 85.4 Å². The van der Waals surface area contributed by atoms with Gasteiger partial charge in [-0.2, -0.15) is 5.26 Å². The number of anilines is 2. The molecule has 0 bridgehead atoms. The summed E-state index contributed by atoms with van der Waals surface area (Å²) in [5.41, 5.74) is 9.51. The Morgan fingerprint density at radius 3 is 2.35 bits per heavy atom. The molecule has 2 saturated heterocycles. The number of ether oxygens (including phenoxy) is 2. The third-order valence-electron chi connectivity index (χ3n) is 16.1. The Morgan fingerprint density at radius 1 is 0.840 bits per heavy atom. The third-order valence-corrected chi connectivity index (χ3v) is 16.1. The molecule has 15 heteroatoms. The van der Waals surface area contributed by atoms with E-state index in [0.717, 1.165) is 62.3 Å². The molecule has 6 aromatic rings. The first-order valence-electron chi connectivity index (χ1n) is 26.4. The number of piperidine rings is 1. The highest BCUT2D eigenvalue weighted by molar-refractivity contribution is 6.13. The van der Waals surface area contributed by atoms with E-state index >= 15 is 14.0 Å². The van der Waals surface area contributed by atoms with Gasteiger partial charge in [-0.05, 0) is 134 Å². The summed E-state index contributed by atoms with van der Waals surface area (Å²) >= 11 is 0. The van der Waals surface area contributed by atoms with Gasteiger partial charge in [0.05, 0.1) is 30.9 Å². The smallest absolute Gasteiger partial charge is 0.264 e. The van der Waals surface area contributed by atoms with Gasteiger partial charge < -0.3 is 38.4 Å². The Kier molecular flexibility index (Phi) is 15.0. The number of benzene rings is 4. The minimum Gasteiger partial charge on any atom is -0.508 e. The summed E-state index contributed by atoms with van der Waals surface area (Å²) in [4.78, 5) is 55.4. The predicted octanol–water partition coefficient (Wildman–Crippen LogP) is 8.48. The van der Waals surface area contributed by atoms with Crippen LogP contribution < -0.4 is 9.64 Å². The summed E-state index contributed by atoms with van der Waals surface area (Å²) in [6.07, 6.45) is 3.41. The molecule has 4 aromatic carbocycles. The monoisotopic (exact) mass is 1010 g/mol. The summed E-state index contributed by atoms with van der Waals surface area (Å²) in [5, 5.41) is 20.3. The van der Waals surface area contributed by atoms with Gasteiger partial charge in [-0.1, -0.05) is 37.3 Å². The number of morpholine rings is 1. The zero-order valence-corrected chi connectivity index (χ0v) is 43.8. The SMILES string of the molecule is Cc1c(N(C(=O)c2cc(-c3cc4c(cc3C(=O)N3Cc5ccccc5C[C@H]3CN3CCC[C@H](C)C3)CN(C(=O)Cc3ccc(OCCN5CCOCC5)cc3F)CC4)n(C)c2C)c2ccc(O)cc2)cc(C#N)n1C. The van der Waals surface area contributed by atoms with Crippen LogP contribution in [0.3, 0.4) is 0 Å². The van der Waals surface area contributed by atoms with Gasteiger partial charge in [0.25, 0.3) is 11.8 Å². The maximum absolute atomic E-state index is 15.9. The van der Waals surface area contributed by atoms with Crippen molar-refractivity contribution in [2.75, 3.05) is 70.5 Å². The molecule has 2 atom stereocenters. The molecular weight excluding hydrogens is 948 g/mol. The molecule has 0 saturated carbocycles. The van der Waals surface area contributed by atoms with E-state index in [9.17, 15) is 15.2 Å². The van der Waals surface area contributed by atoms with Crippen molar-refractivity contribution in [3.8, 4) is 28.8 Å². The first-order chi connectivity index (χ1) is 36.2. The lowest BCUT2D eigenvalue weighted by Gasteiger charge is -2.41. The number of carbonyl (C=O) groups is 3. The maximum atomic E-state index is 15.9. The number of fused-ring (bicyclic) bond motifs is 2. The minimum atomic E-state index is -0.494. The molecule has 390 valence electrons. The van der Waals surface area contributed by atoms with Gasteiger partial charge in [-0.3, -0.25) is 24.2 Å². The molecule has 14 nitrogen and oxygen atoms in total. The highest BCUT2D eigenvalue weighted by atomic mass is 19.1. The second-order valence-electron chi connectivity index (χ2n) is 20.9. The normalized spacial score (nSPS) is 18.0. The molecule has 0 radical (unpaired) electrons. The average molecular weight is 1020 g/mol. The number of amides is 3. The number of nitriles is 1.